The standard InChI is InChI=1S/C22H20N4O6/c1-4-32-19(28)10-14(27)11-24-17-8-12(2)13(3)9-18(17)25-21(29)15-6-5-7-16(26(30)31)20(15)23-22(24)25/h5-9H,4,10-11H2,1-3H3. The Hall–Kier alpha value is -4.08. The predicted molar refractivity (Wildman–Crippen MR) is 117 cm³/mol. The van der Waals surface area contributed by atoms with E-state index in [1.807, 2.05) is 26.0 Å². The first-order valence-electron chi connectivity index (χ1n) is 9.99. The van der Waals surface area contributed by atoms with Crippen molar-refractivity contribution in [1.82, 2.24) is 14.0 Å². The molecule has 2 heterocycles. The largest absolute Gasteiger partial charge is 0.466 e. The number of benzene rings is 2. The normalized spacial score (nSPS) is 11.3. The van der Waals surface area contributed by atoms with E-state index in [1.165, 1.54) is 27.2 Å². The molecule has 10 heteroatoms. The summed E-state index contributed by atoms with van der Waals surface area (Å²) in [5.41, 5.74) is 2.12. The fourth-order valence-corrected chi connectivity index (χ4v) is 3.78. The predicted octanol–water partition coefficient (Wildman–Crippen LogP) is 2.85. The Labute approximate surface area is 181 Å². The molecule has 0 saturated heterocycles. The summed E-state index contributed by atoms with van der Waals surface area (Å²) in [7, 11) is 0. The van der Waals surface area contributed by atoms with Crippen LogP contribution < -0.4 is 5.56 Å². The maximum absolute atomic E-state index is 13.4. The molecule has 0 fully saturated rings. The molecule has 0 spiro atoms. The van der Waals surface area contributed by atoms with Gasteiger partial charge in [0.05, 0.1) is 34.5 Å². The highest BCUT2D eigenvalue weighted by Crippen LogP contribution is 2.27. The Bertz CT molecular complexity index is 1500. The number of nitro groups is 1. The van der Waals surface area contributed by atoms with Gasteiger partial charge in [-0.1, -0.05) is 6.07 Å². The smallest absolute Gasteiger partial charge is 0.313 e. The van der Waals surface area contributed by atoms with Gasteiger partial charge in [-0.2, -0.15) is 0 Å². The summed E-state index contributed by atoms with van der Waals surface area (Å²) in [6.07, 6.45) is -0.428. The second-order valence-electron chi connectivity index (χ2n) is 7.51. The van der Waals surface area contributed by atoms with Gasteiger partial charge in [-0.3, -0.25) is 24.5 Å². The third kappa shape index (κ3) is 3.39. The average Bonchev–Trinajstić information content (AvgIpc) is 3.01. The summed E-state index contributed by atoms with van der Waals surface area (Å²) in [4.78, 5) is 53.1. The van der Waals surface area contributed by atoms with Gasteiger partial charge in [0.15, 0.2) is 11.3 Å². The van der Waals surface area contributed by atoms with Crippen molar-refractivity contribution >= 4 is 45.2 Å². The van der Waals surface area contributed by atoms with Crippen LogP contribution in [0.2, 0.25) is 0 Å². The molecule has 0 aliphatic carbocycles. The molecule has 0 N–H and O–H groups in total. The van der Waals surface area contributed by atoms with Crippen molar-refractivity contribution in [3.63, 3.8) is 0 Å². The molecule has 164 valence electrons. The molecule has 0 amide bonds. The summed E-state index contributed by atoms with van der Waals surface area (Å²) < 4.78 is 7.71. The van der Waals surface area contributed by atoms with E-state index in [4.69, 9.17) is 4.74 Å². The lowest BCUT2D eigenvalue weighted by Gasteiger charge is -2.07. The van der Waals surface area contributed by atoms with Crippen LogP contribution in [0.15, 0.2) is 35.1 Å². The van der Waals surface area contributed by atoms with Crippen LogP contribution in [-0.2, 0) is 20.9 Å². The van der Waals surface area contributed by atoms with E-state index in [0.717, 1.165) is 11.1 Å². The molecular weight excluding hydrogens is 416 g/mol. The van der Waals surface area contributed by atoms with Gasteiger partial charge >= 0.3 is 5.97 Å². The van der Waals surface area contributed by atoms with Gasteiger partial charge in [0.25, 0.3) is 11.2 Å². The molecule has 0 aliphatic heterocycles. The third-order valence-electron chi connectivity index (χ3n) is 5.40. The Morgan fingerprint density at radius 2 is 1.84 bits per heavy atom. The molecule has 4 rings (SSSR count). The number of aryl methyl sites for hydroxylation is 2. The number of ether oxygens (including phenoxy) is 1. The summed E-state index contributed by atoms with van der Waals surface area (Å²) in [5, 5.41) is 11.6. The van der Waals surface area contributed by atoms with Crippen LogP contribution in [0.25, 0.3) is 27.7 Å². The zero-order chi connectivity index (χ0) is 23.2. The molecule has 0 bridgehead atoms. The molecule has 2 aromatic heterocycles. The summed E-state index contributed by atoms with van der Waals surface area (Å²) in [5.74, 6) is -0.983. The minimum Gasteiger partial charge on any atom is -0.466 e. The van der Waals surface area contributed by atoms with Crippen LogP contribution in [0.5, 0.6) is 0 Å². The molecule has 0 atom stereocenters. The number of rotatable bonds is 6. The fourth-order valence-electron chi connectivity index (χ4n) is 3.78. The minimum absolute atomic E-state index is 0.0576. The van der Waals surface area contributed by atoms with Crippen molar-refractivity contribution in [2.24, 2.45) is 0 Å². The van der Waals surface area contributed by atoms with Crippen molar-refractivity contribution < 1.29 is 19.2 Å². The van der Waals surface area contributed by atoms with Gasteiger partial charge in [-0.15, -0.1) is 0 Å². The Kier molecular flexibility index (Phi) is 5.21. The number of carbonyl (C=O) groups excluding carboxylic acids is 2. The number of esters is 1. The first-order chi connectivity index (χ1) is 15.2. The molecule has 0 unspecified atom stereocenters. The Morgan fingerprint density at radius 3 is 2.50 bits per heavy atom. The lowest BCUT2D eigenvalue weighted by atomic mass is 10.1. The maximum Gasteiger partial charge on any atom is 0.313 e. The monoisotopic (exact) mass is 436 g/mol. The highest BCUT2D eigenvalue weighted by molar-refractivity contribution is 5.97. The number of carbonyl (C=O) groups is 2. The second kappa shape index (κ2) is 7.88. The average molecular weight is 436 g/mol. The van der Waals surface area contributed by atoms with Gasteiger partial charge in [0.1, 0.15) is 6.42 Å². The first kappa shape index (κ1) is 21.2. The Morgan fingerprint density at radius 1 is 1.16 bits per heavy atom. The van der Waals surface area contributed by atoms with Crippen molar-refractivity contribution in [3.05, 3.63) is 61.9 Å². The van der Waals surface area contributed by atoms with Crippen LogP contribution in [-0.4, -0.2) is 37.2 Å². The molecule has 0 radical (unpaired) electrons. The van der Waals surface area contributed by atoms with Crippen molar-refractivity contribution in [1.29, 1.82) is 0 Å². The van der Waals surface area contributed by atoms with E-state index in [2.05, 4.69) is 4.98 Å². The third-order valence-corrected chi connectivity index (χ3v) is 5.40. The fraction of sp³-hybridized carbons (Fsp3) is 0.273. The quantitative estimate of drug-likeness (QED) is 0.197. The van der Waals surface area contributed by atoms with E-state index < -0.39 is 28.7 Å². The number of fused-ring (bicyclic) bond motifs is 4. The lowest BCUT2D eigenvalue weighted by Crippen LogP contribution is -2.19. The van der Waals surface area contributed by atoms with Gasteiger partial charge in [0, 0.05) is 6.07 Å². The molecule has 10 nitrogen and oxygen atoms in total. The Balaban J connectivity index is 2.05. The summed E-state index contributed by atoms with van der Waals surface area (Å²) in [6.45, 7) is 5.36. The molecule has 2 aromatic carbocycles. The highest BCUT2D eigenvalue weighted by atomic mass is 16.6. The first-order valence-corrected chi connectivity index (χ1v) is 9.99. The van der Waals surface area contributed by atoms with Gasteiger partial charge < -0.3 is 9.30 Å². The van der Waals surface area contributed by atoms with Crippen LogP contribution >= 0.6 is 0 Å². The van der Waals surface area contributed by atoms with E-state index in [0.29, 0.717) is 11.0 Å². The number of ketones is 1. The van der Waals surface area contributed by atoms with Crippen molar-refractivity contribution in [2.75, 3.05) is 6.61 Å². The number of non-ortho nitro benzene ring substituents is 1. The minimum atomic E-state index is -0.642. The molecule has 0 saturated carbocycles. The van der Waals surface area contributed by atoms with Gasteiger partial charge in [-0.25, -0.2) is 9.38 Å². The van der Waals surface area contributed by atoms with Crippen molar-refractivity contribution in [3.8, 4) is 0 Å². The molecule has 32 heavy (non-hydrogen) atoms. The van der Waals surface area contributed by atoms with Crippen LogP contribution in [0.1, 0.15) is 24.5 Å². The van der Waals surface area contributed by atoms with Crippen LogP contribution in [0.4, 0.5) is 5.69 Å². The van der Waals surface area contributed by atoms with E-state index in [-0.39, 0.29) is 35.5 Å². The number of Topliss-reactive ketones (excluding diaryl/α,β-unsaturated/α-hetero) is 1. The SMILES string of the molecule is CCOC(=O)CC(=O)Cn1c2cc(C)c(C)cc2n2c(=O)c3cccc([N+](=O)[O-])c3nc12. The second-order valence-corrected chi connectivity index (χ2v) is 7.51. The zero-order valence-corrected chi connectivity index (χ0v) is 17.7. The number of aromatic nitrogens is 3. The zero-order valence-electron chi connectivity index (χ0n) is 17.7. The van der Waals surface area contributed by atoms with Gasteiger partial charge in [-0.05, 0) is 50.1 Å². The number of nitro benzene ring substituents is 1. The number of nitrogens with zero attached hydrogens (tertiary/aromatic N) is 4. The number of hydrogen-bond donors (Lipinski definition) is 0. The maximum atomic E-state index is 13.4. The van der Waals surface area contributed by atoms with Crippen molar-refractivity contribution in [2.45, 2.75) is 33.7 Å². The van der Waals surface area contributed by atoms with E-state index >= 15 is 0 Å². The highest BCUT2D eigenvalue weighted by Gasteiger charge is 2.23. The summed E-state index contributed by atoms with van der Waals surface area (Å²) >= 11 is 0. The van der Waals surface area contributed by atoms with E-state index in [9.17, 15) is 24.5 Å². The van der Waals surface area contributed by atoms with Crippen LogP contribution in [0, 0.1) is 24.0 Å². The molecular formula is C22H20N4O6. The van der Waals surface area contributed by atoms with Crippen LogP contribution in [0.3, 0.4) is 0 Å². The topological polar surface area (TPSA) is 126 Å². The number of para-hydroxylation sites is 1. The van der Waals surface area contributed by atoms with Gasteiger partial charge in [0.2, 0.25) is 5.78 Å². The molecule has 4 aromatic rings. The number of hydrogen-bond acceptors (Lipinski definition) is 7. The number of imidazole rings is 1. The molecule has 0 aliphatic rings. The summed E-state index contributed by atoms with van der Waals surface area (Å²) in [6, 6.07) is 7.85. The lowest BCUT2D eigenvalue weighted by molar-refractivity contribution is -0.383. The van der Waals surface area contributed by atoms with E-state index in [1.54, 1.807) is 6.92 Å².